The van der Waals surface area contributed by atoms with Crippen molar-refractivity contribution in [3.63, 3.8) is 0 Å². The Bertz CT molecular complexity index is 706. The summed E-state index contributed by atoms with van der Waals surface area (Å²) in [5, 5.41) is 3.18. The van der Waals surface area contributed by atoms with Crippen LogP contribution < -0.4 is 9.50 Å². The second kappa shape index (κ2) is 4.66. The molecule has 0 saturated heterocycles. The molecule has 0 bridgehead atoms. The molecule has 0 fully saturated rings. The van der Waals surface area contributed by atoms with E-state index in [1.54, 1.807) is 6.92 Å². The fourth-order valence-electron chi connectivity index (χ4n) is 2.19. The summed E-state index contributed by atoms with van der Waals surface area (Å²) >= 11 is 0. The minimum Gasteiger partial charge on any atom is -0.376 e. The van der Waals surface area contributed by atoms with E-state index >= 15 is 0 Å². The Labute approximate surface area is 120 Å². The summed E-state index contributed by atoms with van der Waals surface area (Å²) in [6.07, 6.45) is 1.90. The first-order valence-corrected chi connectivity index (χ1v) is 7.45. The third-order valence-electron chi connectivity index (χ3n) is 2.94. The maximum Gasteiger partial charge on any atom is 0.534 e. The minimum atomic E-state index is -5.66. The largest absolute Gasteiger partial charge is 0.534 e. The number of rotatable bonds is 2. The zero-order valence-electron chi connectivity index (χ0n) is 11.6. The molecule has 0 atom stereocenters. The van der Waals surface area contributed by atoms with Gasteiger partial charge in [0.1, 0.15) is 5.75 Å². The Balaban J connectivity index is 2.38. The molecule has 1 N–H and O–H groups in total. The van der Waals surface area contributed by atoms with E-state index in [0.29, 0.717) is 11.3 Å². The molecule has 0 aromatic heterocycles. The number of halogens is 3. The standard InChI is InChI=1S/C13H14F3NO3S/c1-8-7-12(2,3)17-11-5-4-9(6-10(8)11)20-21(18,19)13(14,15)16/h4-7,17H,1-3H3. The maximum atomic E-state index is 12.3. The second-order valence-corrected chi connectivity index (χ2v) is 6.90. The number of nitrogens with one attached hydrogen (secondary N) is 1. The minimum absolute atomic E-state index is 0.294. The van der Waals surface area contributed by atoms with Crippen molar-refractivity contribution in [2.24, 2.45) is 0 Å². The normalized spacial score (nSPS) is 17.5. The van der Waals surface area contributed by atoms with Gasteiger partial charge in [-0.25, -0.2) is 0 Å². The van der Waals surface area contributed by atoms with Gasteiger partial charge >= 0.3 is 15.6 Å². The van der Waals surface area contributed by atoms with Crippen LogP contribution in [0, 0.1) is 0 Å². The molecule has 1 aliphatic heterocycles. The lowest BCUT2D eigenvalue weighted by atomic mass is 9.91. The van der Waals surface area contributed by atoms with Crippen molar-refractivity contribution in [3.05, 3.63) is 29.8 Å². The van der Waals surface area contributed by atoms with Crippen molar-refractivity contribution in [1.82, 2.24) is 0 Å². The molecule has 1 aliphatic rings. The van der Waals surface area contributed by atoms with E-state index < -0.39 is 15.6 Å². The molecule has 1 aromatic rings. The van der Waals surface area contributed by atoms with Crippen LogP contribution in [0.15, 0.2) is 24.3 Å². The SMILES string of the molecule is CC1=CC(C)(C)Nc2ccc(OS(=O)(=O)C(F)(F)F)cc21. The molecular formula is C13H14F3NO3S. The number of hydrogen-bond donors (Lipinski definition) is 1. The van der Waals surface area contributed by atoms with Crippen LogP contribution in [-0.2, 0) is 10.1 Å². The van der Waals surface area contributed by atoms with Crippen molar-refractivity contribution in [3.8, 4) is 5.75 Å². The van der Waals surface area contributed by atoms with E-state index in [0.717, 1.165) is 5.57 Å². The molecule has 0 aliphatic carbocycles. The van der Waals surface area contributed by atoms with E-state index in [1.807, 2.05) is 19.9 Å². The fourth-order valence-corrected chi connectivity index (χ4v) is 2.64. The molecule has 0 saturated carbocycles. The number of hydrogen-bond acceptors (Lipinski definition) is 4. The summed E-state index contributed by atoms with van der Waals surface area (Å²) in [7, 11) is -5.66. The fraction of sp³-hybridized carbons (Fsp3) is 0.385. The second-order valence-electron chi connectivity index (χ2n) is 5.36. The van der Waals surface area contributed by atoms with E-state index in [2.05, 4.69) is 9.50 Å². The van der Waals surface area contributed by atoms with Crippen LogP contribution in [0.1, 0.15) is 26.3 Å². The predicted octanol–water partition coefficient (Wildman–Crippen LogP) is 3.52. The van der Waals surface area contributed by atoms with Gasteiger partial charge in [-0.2, -0.15) is 21.6 Å². The van der Waals surface area contributed by atoms with Gasteiger partial charge in [0.15, 0.2) is 0 Å². The van der Waals surface area contributed by atoms with Crippen LogP contribution in [0.5, 0.6) is 5.75 Å². The molecular weight excluding hydrogens is 307 g/mol. The van der Waals surface area contributed by atoms with Crippen molar-refractivity contribution >= 4 is 21.4 Å². The van der Waals surface area contributed by atoms with Gasteiger partial charge in [-0.3, -0.25) is 0 Å². The smallest absolute Gasteiger partial charge is 0.376 e. The molecule has 0 unspecified atom stereocenters. The van der Waals surface area contributed by atoms with Gasteiger partial charge in [0.25, 0.3) is 0 Å². The van der Waals surface area contributed by atoms with Crippen LogP contribution in [0.25, 0.3) is 5.57 Å². The Morgan fingerprint density at radius 3 is 2.43 bits per heavy atom. The van der Waals surface area contributed by atoms with Gasteiger partial charge in [-0.05, 0) is 44.5 Å². The monoisotopic (exact) mass is 321 g/mol. The van der Waals surface area contributed by atoms with Crippen molar-refractivity contribution in [1.29, 1.82) is 0 Å². The highest BCUT2D eigenvalue weighted by atomic mass is 32.2. The third kappa shape index (κ3) is 3.15. The summed E-state index contributed by atoms with van der Waals surface area (Å²) in [4.78, 5) is 0. The number of alkyl halides is 3. The molecule has 0 spiro atoms. The zero-order valence-corrected chi connectivity index (χ0v) is 12.4. The summed E-state index contributed by atoms with van der Waals surface area (Å²) in [6, 6.07) is 3.95. The van der Waals surface area contributed by atoms with Gasteiger partial charge in [-0.1, -0.05) is 6.08 Å². The first kappa shape index (κ1) is 15.7. The summed E-state index contributed by atoms with van der Waals surface area (Å²) in [5.74, 6) is -0.375. The Morgan fingerprint density at radius 1 is 1.24 bits per heavy atom. The van der Waals surface area contributed by atoms with Crippen molar-refractivity contribution < 1.29 is 25.8 Å². The molecule has 1 aromatic carbocycles. The summed E-state index contributed by atoms with van der Waals surface area (Å²) in [6.45, 7) is 5.68. The van der Waals surface area contributed by atoms with Crippen LogP contribution in [-0.4, -0.2) is 19.5 Å². The molecule has 2 rings (SSSR count). The van der Waals surface area contributed by atoms with Crippen molar-refractivity contribution in [2.45, 2.75) is 31.8 Å². The maximum absolute atomic E-state index is 12.3. The van der Waals surface area contributed by atoms with Crippen LogP contribution in [0.3, 0.4) is 0 Å². The van der Waals surface area contributed by atoms with Gasteiger partial charge in [0.05, 0.1) is 5.54 Å². The summed E-state index contributed by atoms with van der Waals surface area (Å²) < 4.78 is 63.0. The lowest BCUT2D eigenvalue weighted by molar-refractivity contribution is -0.0500. The molecule has 1 heterocycles. The van der Waals surface area contributed by atoms with Gasteiger partial charge in [0, 0.05) is 11.3 Å². The quantitative estimate of drug-likeness (QED) is 0.669. The van der Waals surface area contributed by atoms with E-state index in [1.165, 1.54) is 18.2 Å². The van der Waals surface area contributed by atoms with Gasteiger partial charge < -0.3 is 9.50 Å². The van der Waals surface area contributed by atoms with E-state index in [4.69, 9.17) is 0 Å². The van der Waals surface area contributed by atoms with Crippen LogP contribution >= 0.6 is 0 Å². The Hall–Kier alpha value is -1.70. The van der Waals surface area contributed by atoms with Crippen molar-refractivity contribution in [2.75, 3.05) is 5.32 Å². The number of fused-ring (bicyclic) bond motifs is 1. The molecule has 21 heavy (non-hydrogen) atoms. The highest BCUT2D eigenvalue weighted by molar-refractivity contribution is 7.88. The number of allylic oxidation sites excluding steroid dienone is 1. The molecule has 8 heteroatoms. The molecule has 0 radical (unpaired) electrons. The van der Waals surface area contributed by atoms with Gasteiger partial charge in [0.2, 0.25) is 0 Å². The van der Waals surface area contributed by atoms with Crippen LogP contribution in [0.2, 0.25) is 0 Å². The Kier molecular flexibility index (Phi) is 3.48. The lowest BCUT2D eigenvalue weighted by Gasteiger charge is -2.31. The van der Waals surface area contributed by atoms with E-state index in [9.17, 15) is 21.6 Å². The third-order valence-corrected chi connectivity index (χ3v) is 3.92. The average molecular weight is 321 g/mol. The van der Waals surface area contributed by atoms with Crippen LogP contribution in [0.4, 0.5) is 18.9 Å². The lowest BCUT2D eigenvalue weighted by Crippen LogP contribution is -2.31. The first-order valence-electron chi connectivity index (χ1n) is 6.04. The molecule has 0 amide bonds. The number of benzene rings is 1. The van der Waals surface area contributed by atoms with E-state index in [-0.39, 0.29) is 11.3 Å². The molecule has 4 nitrogen and oxygen atoms in total. The molecule has 116 valence electrons. The number of anilines is 1. The predicted molar refractivity (Wildman–Crippen MR) is 73.4 cm³/mol. The average Bonchev–Trinajstić information content (AvgIpc) is 2.26. The highest BCUT2D eigenvalue weighted by Crippen LogP contribution is 2.36. The zero-order chi connectivity index (χ0) is 16.1. The topological polar surface area (TPSA) is 55.4 Å². The summed E-state index contributed by atoms with van der Waals surface area (Å²) in [5.41, 5.74) is -3.62. The van der Waals surface area contributed by atoms with Gasteiger partial charge in [-0.15, -0.1) is 0 Å². The first-order chi connectivity index (χ1) is 9.41. The highest BCUT2D eigenvalue weighted by Gasteiger charge is 2.48. The Morgan fingerprint density at radius 2 is 1.86 bits per heavy atom.